The largest absolute Gasteiger partial charge is 0.403 e. The van der Waals surface area contributed by atoms with Gasteiger partial charge in [-0.05, 0) is 12.8 Å². The third-order valence-electron chi connectivity index (χ3n) is 2.72. The highest BCUT2D eigenvalue weighted by Gasteiger charge is 2.60. The van der Waals surface area contributed by atoms with Gasteiger partial charge in [0.1, 0.15) is 5.41 Å². The van der Waals surface area contributed by atoms with E-state index in [2.05, 4.69) is 17.9 Å². The van der Waals surface area contributed by atoms with Gasteiger partial charge in [-0.3, -0.25) is 4.79 Å². The number of hydrogen-bond donors (Lipinski definition) is 2. The maximum atomic E-state index is 12.9. The van der Waals surface area contributed by atoms with E-state index in [0.29, 0.717) is 5.75 Å². The highest BCUT2D eigenvalue weighted by Crippen LogP contribution is 2.45. The first-order valence-corrected chi connectivity index (χ1v) is 5.61. The Hall–Kier alpha value is -0.430. The van der Waals surface area contributed by atoms with Crippen molar-refractivity contribution in [1.29, 1.82) is 0 Å². The Morgan fingerprint density at radius 1 is 1.38 bits per heavy atom. The van der Waals surface area contributed by atoms with Crippen LogP contribution in [-0.2, 0) is 9.53 Å². The molecule has 1 saturated heterocycles. The Labute approximate surface area is 97.1 Å². The fourth-order valence-electron chi connectivity index (χ4n) is 1.70. The molecule has 0 aromatic rings. The van der Waals surface area contributed by atoms with Crippen LogP contribution in [0, 0.1) is 5.41 Å². The van der Waals surface area contributed by atoms with Crippen LogP contribution in [0.25, 0.3) is 0 Å². The van der Waals surface area contributed by atoms with Gasteiger partial charge in [0.05, 0.1) is 0 Å². The lowest BCUT2D eigenvalue weighted by Gasteiger charge is -2.37. The summed E-state index contributed by atoms with van der Waals surface area (Å²) in [6.07, 6.45) is -5.15. The monoisotopic (exact) mass is 257 g/mol. The summed E-state index contributed by atoms with van der Waals surface area (Å²) in [4.78, 5) is 11.6. The van der Waals surface area contributed by atoms with Crippen LogP contribution in [0.15, 0.2) is 0 Å². The van der Waals surface area contributed by atoms with Crippen molar-refractivity contribution < 1.29 is 22.7 Å². The minimum atomic E-state index is -4.53. The molecule has 0 unspecified atom stereocenters. The van der Waals surface area contributed by atoms with Gasteiger partial charge in [-0.15, -0.1) is 0 Å². The van der Waals surface area contributed by atoms with Crippen LogP contribution in [0.4, 0.5) is 13.2 Å². The number of thiol groups is 1. The van der Waals surface area contributed by atoms with Crippen LogP contribution in [-0.4, -0.2) is 37.6 Å². The quantitative estimate of drug-likeness (QED) is 0.750. The van der Waals surface area contributed by atoms with Crippen molar-refractivity contribution >= 4 is 18.5 Å². The molecule has 1 N–H and O–H groups in total. The number of amides is 1. The van der Waals surface area contributed by atoms with Gasteiger partial charge in [-0.2, -0.15) is 25.8 Å². The molecule has 0 aromatic carbocycles. The van der Waals surface area contributed by atoms with E-state index in [9.17, 15) is 18.0 Å². The van der Waals surface area contributed by atoms with Crippen LogP contribution in [0.3, 0.4) is 0 Å². The van der Waals surface area contributed by atoms with Gasteiger partial charge in [-0.25, -0.2) is 0 Å². The smallest absolute Gasteiger partial charge is 0.381 e. The lowest BCUT2D eigenvalue weighted by Crippen LogP contribution is -2.53. The average molecular weight is 257 g/mol. The molecule has 94 valence electrons. The second-order valence-corrected chi connectivity index (χ2v) is 4.12. The van der Waals surface area contributed by atoms with E-state index in [-0.39, 0.29) is 32.6 Å². The number of ether oxygens (including phenoxy) is 1. The molecule has 0 aliphatic carbocycles. The molecule has 1 aliphatic heterocycles. The Bertz CT molecular complexity index is 252. The van der Waals surface area contributed by atoms with Crippen molar-refractivity contribution in [2.45, 2.75) is 19.0 Å². The lowest BCUT2D eigenvalue weighted by atomic mass is 9.78. The molecule has 1 rings (SSSR count). The minimum absolute atomic E-state index is 0.0339. The van der Waals surface area contributed by atoms with Crippen LogP contribution in [0.2, 0.25) is 0 Å². The van der Waals surface area contributed by atoms with E-state index in [1.807, 2.05) is 0 Å². The molecule has 16 heavy (non-hydrogen) atoms. The fraction of sp³-hybridized carbons (Fsp3) is 0.889. The molecule has 0 atom stereocenters. The van der Waals surface area contributed by atoms with Crippen molar-refractivity contribution in [3.63, 3.8) is 0 Å². The Kier molecular flexibility index (Phi) is 4.49. The molecule has 0 spiro atoms. The maximum absolute atomic E-state index is 12.9. The molecule has 0 saturated carbocycles. The molecule has 1 fully saturated rings. The molecule has 1 heterocycles. The van der Waals surface area contributed by atoms with Crippen molar-refractivity contribution in [1.82, 2.24) is 5.32 Å². The van der Waals surface area contributed by atoms with E-state index >= 15 is 0 Å². The lowest BCUT2D eigenvalue weighted by molar-refractivity contribution is -0.239. The van der Waals surface area contributed by atoms with Gasteiger partial charge in [0.15, 0.2) is 0 Å². The fourth-order valence-corrected chi connectivity index (χ4v) is 1.81. The summed E-state index contributed by atoms with van der Waals surface area (Å²) in [6, 6.07) is 0. The van der Waals surface area contributed by atoms with Crippen LogP contribution < -0.4 is 5.32 Å². The molecule has 3 nitrogen and oxygen atoms in total. The first-order valence-electron chi connectivity index (χ1n) is 4.98. The van der Waals surface area contributed by atoms with Gasteiger partial charge in [0, 0.05) is 25.5 Å². The first kappa shape index (κ1) is 13.6. The molecule has 1 amide bonds. The topological polar surface area (TPSA) is 38.3 Å². The van der Waals surface area contributed by atoms with Crippen molar-refractivity contribution in [3.05, 3.63) is 0 Å². The van der Waals surface area contributed by atoms with Crippen LogP contribution in [0.1, 0.15) is 12.8 Å². The molecular formula is C9H14F3NO2S. The van der Waals surface area contributed by atoms with Gasteiger partial charge in [0.2, 0.25) is 5.91 Å². The van der Waals surface area contributed by atoms with Crippen molar-refractivity contribution in [3.8, 4) is 0 Å². The van der Waals surface area contributed by atoms with Gasteiger partial charge >= 0.3 is 6.18 Å². The summed E-state index contributed by atoms with van der Waals surface area (Å²) < 4.78 is 43.7. The number of nitrogens with one attached hydrogen (secondary N) is 1. The second kappa shape index (κ2) is 5.27. The third kappa shape index (κ3) is 2.63. The summed E-state index contributed by atoms with van der Waals surface area (Å²) in [6.45, 7) is 0.0717. The predicted octanol–water partition coefficient (Wildman–Crippen LogP) is 1.39. The summed E-state index contributed by atoms with van der Waals surface area (Å²) in [5, 5.41) is 2.26. The Morgan fingerprint density at radius 2 is 1.94 bits per heavy atom. The first-order chi connectivity index (χ1) is 7.44. The summed E-state index contributed by atoms with van der Waals surface area (Å²) >= 11 is 3.84. The minimum Gasteiger partial charge on any atom is -0.381 e. The second-order valence-electron chi connectivity index (χ2n) is 3.67. The van der Waals surface area contributed by atoms with Crippen molar-refractivity contribution in [2.24, 2.45) is 5.41 Å². The number of hydrogen-bond acceptors (Lipinski definition) is 3. The number of halogens is 3. The highest BCUT2D eigenvalue weighted by molar-refractivity contribution is 7.80. The van der Waals surface area contributed by atoms with Crippen LogP contribution in [0.5, 0.6) is 0 Å². The third-order valence-corrected chi connectivity index (χ3v) is 2.94. The van der Waals surface area contributed by atoms with E-state index in [4.69, 9.17) is 4.74 Å². The molecule has 7 heteroatoms. The zero-order chi connectivity index (χ0) is 12.2. The van der Waals surface area contributed by atoms with Crippen LogP contribution >= 0.6 is 12.6 Å². The standard InChI is InChI=1S/C9H14F3NO2S/c10-9(11,12)8(1-4-15-5-2-8)7(14)13-3-6-16/h16H,1-6H2,(H,13,14). The SMILES string of the molecule is O=C(NCCS)C1(C(F)(F)F)CCOCC1. The van der Waals surface area contributed by atoms with Crippen molar-refractivity contribution in [2.75, 3.05) is 25.5 Å². The molecular weight excluding hydrogens is 243 g/mol. The van der Waals surface area contributed by atoms with E-state index in [0.717, 1.165) is 0 Å². The summed E-state index contributed by atoms with van der Waals surface area (Å²) in [5.74, 6) is -0.645. The Morgan fingerprint density at radius 3 is 2.38 bits per heavy atom. The predicted molar refractivity (Wildman–Crippen MR) is 55.4 cm³/mol. The number of rotatable bonds is 3. The molecule has 0 radical (unpaired) electrons. The number of alkyl halides is 3. The Balaban J connectivity index is 2.82. The van der Waals surface area contributed by atoms with E-state index < -0.39 is 17.5 Å². The molecule has 0 bridgehead atoms. The maximum Gasteiger partial charge on any atom is 0.403 e. The number of carbonyl (C=O) groups is 1. The van der Waals surface area contributed by atoms with E-state index in [1.165, 1.54) is 0 Å². The molecule has 0 aromatic heterocycles. The van der Waals surface area contributed by atoms with Gasteiger partial charge in [0.25, 0.3) is 0 Å². The highest BCUT2D eigenvalue weighted by atomic mass is 32.1. The average Bonchev–Trinajstić information content (AvgIpc) is 2.25. The zero-order valence-corrected chi connectivity index (χ0v) is 9.53. The summed E-state index contributed by atoms with van der Waals surface area (Å²) in [7, 11) is 0. The molecule has 1 aliphatic rings. The van der Waals surface area contributed by atoms with E-state index in [1.54, 1.807) is 0 Å². The van der Waals surface area contributed by atoms with Gasteiger partial charge < -0.3 is 10.1 Å². The normalized spacial score (nSPS) is 20.5. The van der Waals surface area contributed by atoms with Gasteiger partial charge in [-0.1, -0.05) is 0 Å². The summed E-state index contributed by atoms with van der Waals surface area (Å²) in [5.41, 5.74) is -2.28. The zero-order valence-electron chi connectivity index (χ0n) is 8.64. The number of carbonyl (C=O) groups excluding carboxylic acids is 1.